The number of nitrogens with zero attached hydrogens (tertiary/aromatic N) is 1. The van der Waals surface area contributed by atoms with Gasteiger partial charge in [-0.05, 0) is 36.8 Å². The number of nitriles is 1. The van der Waals surface area contributed by atoms with E-state index < -0.39 is 0 Å². The van der Waals surface area contributed by atoms with Gasteiger partial charge in [-0.15, -0.1) is 11.8 Å². The maximum atomic E-state index is 12.2. The van der Waals surface area contributed by atoms with Gasteiger partial charge in [-0.25, -0.2) is 0 Å². The zero-order valence-electron chi connectivity index (χ0n) is 14.9. The van der Waals surface area contributed by atoms with Crippen molar-refractivity contribution in [3.05, 3.63) is 74.7 Å². The number of hydrogen-bond donors (Lipinski definition) is 1. The molecule has 0 saturated heterocycles. The van der Waals surface area contributed by atoms with Crippen LogP contribution in [0.4, 0.5) is 0 Å². The molecule has 1 heterocycles. The molecule has 2 aromatic rings. The second kappa shape index (κ2) is 9.12. The number of nitrogens with one attached hydrogen (secondary N) is 1. The third-order valence-electron chi connectivity index (χ3n) is 4.23. The van der Waals surface area contributed by atoms with E-state index in [9.17, 15) is 10.1 Å². The summed E-state index contributed by atoms with van der Waals surface area (Å²) in [7, 11) is 0. The number of allylic oxidation sites excluding steroid dienone is 1. The molecular weight excluding hydrogens is 424 g/mol. The first-order chi connectivity index (χ1) is 13.1. The molecule has 1 atom stereocenters. The fraction of sp³-hybridized carbons (Fsp3) is 0.238. The molecule has 4 nitrogen and oxygen atoms in total. The molecule has 2 aromatic carbocycles. The molecule has 1 aliphatic heterocycles. The third kappa shape index (κ3) is 5.15. The number of carbonyl (C=O) groups is 1. The molecule has 1 amide bonds. The van der Waals surface area contributed by atoms with Crippen molar-refractivity contribution < 1.29 is 9.53 Å². The molecule has 0 spiro atoms. The van der Waals surface area contributed by atoms with Crippen LogP contribution in [0.2, 0.25) is 0 Å². The molecule has 1 aliphatic rings. The van der Waals surface area contributed by atoms with E-state index in [-0.39, 0.29) is 18.2 Å². The number of ether oxygens (including phenoxy) is 1. The van der Waals surface area contributed by atoms with Crippen LogP contribution in [-0.2, 0) is 4.79 Å². The first kappa shape index (κ1) is 19.5. The van der Waals surface area contributed by atoms with Crippen LogP contribution in [0.15, 0.2) is 63.6 Å². The summed E-state index contributed by atoms with van der Waals surface area (Å²) in [5, 5.41) is 13.2. The van der Waals surface area contributed by atoms with Crippen molar-refractivity contribution in [2.75, 3.05) is 12.4 Å². The summed E-state index contributed by atoms with van der Waals surface area (Å²) in [5.74, 6) is 1.16. The quantitative estimate of drug-likeness (QED) is 0.645. The van der Waals surface area contributed by atoms with E-state index >= 15 is 0 Å². The Labute approximate surface area is 171 Å². The predicted molar refractivity (Wildman–Crippen MR) is 111 cm³/mol. The standard InChI is InChI=1S/C21H19BrN2O2S/c1-14-5-7-17(8-6-14)26-9-10-27-21-19(13-23)18(12-20(25)24-21)15-3-2-4-16(22)11-15/h2-8,11,18H,9-10,12H2,1H3,(H,24,25)/t18-/m0/s1. The number of carbonyl (C=O) groups excluding carboxylic acids is 1. The van der Waals surface area contributed by atoms with Gasteiger partial charge in [0.25, 0.3) is 0 Å². The van der Waals surface area contributed by atoms with Gasteiger partial charge in [0.15, 0.2) is 0 Å². The molecule has 138 valence electrons. The molecule has 0 radical (unpaired) electrons. The van der Waals surface area contributed by atoms with Crippen molar-refractivity contribution in [3.63, 3.8) is 0 Å². The van der Waals surface area contributed by atoms with Gasteiger partial charge < -0.3 is 10.1 Å². The van der Waals surface area contributed by atoms with Gasteiger partial charge in [0.1, 0.15) is 5.75 Å². The first-order valence-electron chi connectivity index (χ1n) is 8.58. The van der Waals surface area contributed by atoms with E-state index in [4.69, 9.17) is 4.74 Å². The fourth-order valence-corrected chi connectivity index (χ4v) is 4.20. The van der Waals surface area contributed by atoms with Crippen molar-refractivity contribution in [2.24, 2.45) is 0 Å². The summed E-state index contributed by atoms with van der Waals surface area (Å²) in [6.45, 7) is 2.52. The number of hydrogen-bond acceptors (Lipinski definition) is 4. The van der Waals surface area contributed by atoms with Gasteiger partial charge in [0.05, 0.1) is 23.3 Å². The lowest BCUT2D eigenvalue weighted by atomic mass is 9.87. The molecule has 0 saturated carbocycles. The molecule has 27 heavy (non-hydrogen) atoms. The highest BCUT2D eigenvalue weighted by Gasteiger charge is 2.29. The highest BCUT2D eigenvalue weighted by atomic mass is 79.9. The Morgan fingerprint density at radius 2 is 2.07 bits per heavy atom. The highest BCUT2D eigenvalue weighted by Crippen LogP contribution is 2.36. The average molecular weight is 443 g/mol. The Hall–Kier alpha value is -2.23. The highest BCUT2D eigenvalue weighted by molar-refractivity contribution is 9.10. The maximum absolute atomic E-state index is 12.2. The number of amides is 1. The Bertz CT molecular complexity index is 903. The first-order valence-corrected chi connectivity index (χ1v) is 10.4. The summed E-state index contributed by atoms with van der Waals surface area (Å²) in [4.78, 5) is 12.2. The van der Waals surface area contributed by atoms with Crippen LogP contribution in [0.3, 0.4) is 0 Å². The zero-order chi connectivity index (χ0) is 19.2. The topological polar surface area (TPSA) is 62.1 Å². The minimum atomic E-state index is -0.221. The summed E-state index contributed by atoms with van der Waals surface area (Å²) >= 11 is 4.90. The molecule has 0 fully saturated rings. The van der Waals surface area contributed by atoms with Crippen LogP contribution in [0.25, 0.3) is 0 Å². The minimum Gasteiger partial charge on any atom is -0.493 e. The summed E-state index contributed by atoms with van der Waals surface area (Å²) in [5.41, 5.74) is 2.75. The molecular formula is C21H19BrN2O2S. The Balaban J connectivity index is 1.69. The maximum Gasteiger partial charge on any atom is 0.225 e. The Kier molecular flexibility index (Phi) is 6.59. The van der Waals surface area contributed by atoms with Gasteiger partial charge in [0, 0.05) is 22.6 Å². The van der Waals surface area contributed by atoms with Crippen molar-refractivity contribution in [3.8, 4) is 11.8 Å². The van der Waals surface area contributed by atoms with Gasteiger partial charge in [-0.1, -0.05) is 45.8 Å². The van der Waals surface area contributed by atoms with Crippen LogP contribution in [0.1, 0.15) is 23.5 Å². The van der Waals surface area contributed by atoms with E-state index in [1.807, 2.05) is 55.5 Å². The lowest BCUT2D eigenvalue weighted by Gasteiger charge is -2.25. The second-order valence-corrected chi connectivity index (χ2v) is 8.25. The van der Waals surface area contributed by atoms with E-state index in [0.29, 0.717) is 23.0 Å². The molecule has 0 bridgehead atoms. The van der Waals surface area contributed by atoms with E-state index in [1.165, 1.54) is 17.3 Å². The number of halogens is 1. The molecule has 1 N–H and O–H groups in total. The number of benzene rings is 2. The van der Waals surface area contributed by atoms with Crippen molar-refractivity contribution >= 4 is 33.6 Å². The van der Waals surface area contributed by atoms with Crippen molar-refractivity contribution in [1.29, 1.82) is 5.26 Å². The molecule has 0 aliphatic carbocycles. The second-order valence-electron chi connectivity index (χ2n) is 6.22. The average Bonchev–Trinajstić information content (AvgIpc) is 2.66. The van der Waals surface area contributed by atoms with Gasteiger partial charge in [0.2, 0.25) is 5.91 Å². The van der Waals surface area contributed by atoms with Crippen LogP contribution < -0.4 is 10.1 Å². The van der Waals surface area contributed by atoms with Crippen molar-refractivity contribution in [1.82, 2.24) is 5.32 Å². The zero-order valence-corrected chi connectivity index (χ0v) is 17.3. The third-order valence-corrected chi connectivity index (χ3v) is 5.70. The Morgan fingerprint density at radius 3 is 2.78 bits per heavy atom. The summed E-state index contributed by atoms with van der Waals surface area (Å²) < 4.78 is 6.66. The normalized spacial score (nSPS) is 16.6. The van der Waals surface area contributed by atoms with Crippen LogP contribution in [0, 0.1) is 18.3 Å². The number of aryl methyl sites for hydroxylation is 1. The minimum absolute atomic E-state index is 0.0686. The lowest BCUT2D eigenvalue weighted by Crippen LogP contribution is -2.31. The van der Waals surface area contributed by atoms with Gasteiger partial charge in [-0.2, -0.15) is 5.26 Å². The van der Waals surface area contributed by atoms with E-state index in [1.54, 1.807) is 0 Å². The Morgan fingerprint density at radius 1 is 1.30 bits per heavy atom. The van der Waals surface area contributed by atoms with Gasteiger partial charge in [-0.3, -0.25) is 4.79 Å². The largest absolute Gasteiger partial charge is 0.493 e. The molecule has 6 heteroatoms. The SMILES string of the molecule is Cc1ccc(OCCSC2=C(C#N)[C@H](c3cccc(Br)c3)CC(=O)N2)cc1. The molecule has 0 unspecified atom stereocenters. The predicted octanol–water partition coefficient (Wildman–Crippen LogP) is 4.91. The summed E-state index contributed by atoms with van der Waals surface area (Å²) in [6, 6.07) is 17.9. The summed E-state index contributed by atoms with van der Waals surface area (Å²) in [6.07, 6.45) is 0.281. The van der Waals surface area contributed by atoms with Crippen LogP contribution >= 0.6 is 27.7 Å². The fourth-order valence-electron chi connectivity index (χ4n) is 2.88. The van der Waals surface area contributed by atoms with Crippen molar-refractivity contribution in [2.45, 2.75) is 19.3 Å². The lowest BCUT2D eigenvalue weighted by molar-refractivity contribution is -0.120. The van der Waals surface area contributed by atoms with E-state index in [0.717, 1.165) is 15.8 Å². The monoisotopic (exact) mass is 442 g/mol. The van der Waals surface area contributed by atoms with Crippen LogP contribution in [0.5, 0.6) is 5.75 Å². The smallest absolute Gasteiger partial charge is 0.225 e. The van der Waals surface area contributed by atoms with E-state index in [2.05, 4.69) is 27.3 Å². The van der Waals surface area contributed by atoms with Gasteiger partial charge >= 0.3 is 0 Å². The molecule has 0 aromatic heterocycles. The number of thioether (sulfide) groups is 1. The molecule has 3 rings (SSSR count). The van der Waals surface area contributed by atoms with Crippen LogP contribution in [-0.4, -0.2) is 18.3 Å². The number of rotatable bonds is 6.